The summed E-state index contributed by atoms with van der Waals surface area (Å²) in [5.41, 5.74) is 2.44. The fourth-order valence-electron chi connectivity index (χ4n) is 4.30. The summed E-state index contributed by atoms with van der Waals surface area (Å²) in [4.78, 5) is 15.1. The van der Waals surface area contributed by atoms with Crippen molar-refractivity contribution in [2.75, 3.05) is 13.1 Å². The minimum atomic E-state index is 0.0956. The second-order valence-electron chi connectivity index (χ2n) is 7.90. The molecule has 1 saturated heterocycles. The van der Waals surface area contributed by atoms with Crippen LogP contribution in [0.3, 0.4) is 0 Å². The Hall–Kier alpha value is -2.36. The number of hydrogen-bond acceptors (Lipinski definition) is 2. The van der Waals surface area contributed by atoms with Crippen LogP contribution in [0.5, 0.6) is 0 Å². The predicted octanol–water partition coefficient (Wildman–Crippen LogP) is 5.58. The van der Waals surface area contributed by atoms with E-state index in [-0.39, 0.29) is 11.8 Å². The number of nitrogens with one attached hydrogen (secondary N) is 1. The minimum Gasteiger partial charge on any atom is -0.352 e. The van der Waals surface area contributed by atoms with Crippen LogP contribution in [0.2, 0.25) is 5.02 Å². The highest BCUT2D eigenvalue weighted by atomic mass is 35.5. The topological polar surface area (TPSA) is 32.3 Å². The highest BCUT2D eigenvalue weighted by Crippen LogP contribution is 2.31. The summed E-state index contributed by atoms with van der Waals surface area (Å²) >= 11 is 5.92. The number of halogens is 1. The summed E-state index contributed by atoms with van der Waals surface area (Å²) in [6, 6.07) is 23.1. The van der Waals surface area contributed by atoms with Gasteiger partial charge in [-0.3, -0.25) is 9.69 Å². The quantitative estimate of drug-likeness (QED) is 0.599. The van der Waals surface area contributed by atoms with Crippen molar-refractivity contribution in [1.29, 1.82) is 0 Å². The van der Waals surface area contributed by atoms with Crippen molar-refractivity contribution >= 4 is 28.3 Å². The molecule has 3 nitrogen and oxygen atoms in total. The van der Waals surface area contributed by atoms with Gasteiger partial charge in [-0.15, -0.1) is 0 Å². The normalized spacial score (nSPS) is 16.6. The number of piperidine rings is 1. The number of nitrogens with zero attached hydrogens (tertiary/aromatic N) is 1. The zero-order valence-electron chi connectivity index (χ0n) is 16.8. The van der Waals surface area contributed by atoms with Gasteiger partial charge in [0.2, 0.25) is 5.91 Å². The van der Waals surface area contributed by atoms with Crippen LogP contribution >= 0.6 is 11.6 Å². The SMILES string of the molecule is C[C@H](c1cccc2ccccc12)N1CCC(C(=O)NCc2ccc(Cl)cc2)CC1. The predicted molar refractivity (Wildman–Crippen MR) is 120 cm³/mol. The van der Waals surface area contributed by atoms with Crippen LogP contribution in [0.25, 0.3) is 10.8 Å². The number of benzene rings is 3. The standard InChI is InChI=1S/C25H27ClN2O/c1-18(23-8-4-6-20-5-2-3-7-24(20)23)28-15-13-21(14-16-28)25(29)27-17-19-9-11-22(26)12-10-19/h2-12,18,21H,13-17H2,1H3,(H,27,29)/t18-/m1/s1. The molecule has 1 amide bonds. The van der Waals surface area contributed by atoms with Crippen LogP contribution in [0.1, 0.15) is 36.9 Å². The average molecular weight is 407 g/mol. The van der Waals surface area contributed by atoms with Crippen LogP contribution < -0.4 is 5.32 Å². The number of carbonyl (C=O) groups excluding carboxylic acids is 1. The van der Waals surface area contributed by atoms with E-state index in [2.05, 4.69) is 59.6 Å². The zero-order chi connectivity index (χ0) is 20.2. The third-order valence-electron chi connectivity index (χ3n) is 6.10. The molecule has 0 aromatic heterocycles. The largest absolute Gasteiger partial charge is 0.352 e. The Balaban J connectivity index is 1.33. The Morgan fingerprint density at radius 3 is 2.48 bits per heavy atom. The Morgan fingerprint density at radius 2 is 1.72 bits per heavy atom. The molecule has 1 fully saturated rings. The molecule has 0 radical (unpaired) electrons. The fourth-order valence-corrected chi connectivity index (χ4v) is 4.42. The van der Waals surface area contributed by atoms with Crippen LogP contribution in [0.15, 0.2) is 66.7 Å². The Morgan fingerprint density at radius 1 is 1.03 bits per heavy atom. The van der Waals surface area contributed by atoms with Crippen LogP contribution in [-0.4, -0.2) is 23.9 Å². The second-order valence-corrected chi connectivity index (χ2v) is 8.34. The third-order valence-corrected chi connectivity index (χ3v) is 6.35. The van der Waals surface area contributed by atoms with E-state index in [0.29, 0.717) is 17.6 Å². The van der Waals surface area contributed by atoms with Gasteiger partial charge in [-0.1, -0.05) is 66.2 Å². The lowest BCUT2D eigenvalue weighted by Gasteiger charge is -2.36. The van der Waals surface area contributed by atoms with Crippen LogP contribution in [-0.2, 0) is 11.3 Å². The van der Waals surface area contributed by atoms with Crippen LogP contribution in [0.4, 0.5) is 0 Å². The first-order valence-corrected chi connectivity index (χ1v) is 10.7. The van der Waals surface area contributed by atoms with Gasteiger partial charge in [0.15, 0.2) is 0 Å². The summed E-state index contributed by atoms with van der Waals surface area (Å²) in [6.07, 6.45) is 1.81. The Bertz CT molecular complexity index is 972. The lowest BCUT2D eigenvalue weighted by Crippen LogP contribution is -2.41. The lowest BCUT2D eigenvalue weighted by atomic mass is 9.92. The van der Waals surface area contributed by atoms with Gasteiger partial charge in [0.1, 0.15) is 0 Å². The molecule has 0 bridgehead atoms. The number of amides is 1. The van der Waals surface area contributed by atoms with E-state index >= 15 is 0 Å². The number of rotatable bonds is 5. The van der Waals surface area contributed by atoms with Crippen molar-refractivity contribution in [2.24, 2.45) is 5.92 Å². The third kappa shape index (κ3) is 4.63. The Labute approximate surface area is 177 Å². The summed E-state index contributed by atoms with van der Waals surface area (Å²) in [5, 5.41) is 6.41. The molecule has 1 aliphatic heterocycles. The van der Waals surface area contributed by atoms with E-state index in [4.69, 9.17) is 11.6 Å². The molecule has 0 unspecified atom stereocenters. The van der Waals surface area contributed by atoms with Gasteiger partial charge in [0.25, 0.3) is 0 Å². The molecule has 4 heteroatoms. The average Bonchev–Trinajstić information content (AvgIpc) is 2.78. The molecule has 0 spiro atoms. The number of likely N-dealkylation sites (tertiary alicyclic amines) is 1. The fraction of sp³-hybridized carbons (Fsp3) is 0.320. The van der Waals surface area contributed by atoms with Crippen molar-refractivity contribution in [3.8, 4) is 0 Å². The molecule has 1 atom stereocenters. The minimum absolute atomic E-state index is 0.0956. The first kappa shape index (κ1) is 19.9. The summed E-state index contributed by atoms with van der Waals surface area (Å²) in [6.45, 7) is 4.73. The zero-order valence-corrected chi connectivity index (χ0v) is 17.5. The maximum Gasteiger partial charge on any atom is 0.223 e. The first-order chi connectivity index (χ1) is 14.1. The summed E-state index contributed by atoms with van der Waals surface area (Å²) < 4.78 is 0. The van der Waals surface area contributed by atoms with E-state index in [1.165, 1.54) is 16.3 Å². The molecule has 3 aromatic carbocycles. The van der Waals surface area contributed by atoms with Crippen molar-refractivity contribution in [1.82, 2.24) is 10.2 Å². The van der Waals surface area contributed by atoms with E-state index in [0.717, 1.165) is 31.5 Å². The highest BCUT2D eigenvalue weighted by molar-refractivity contribution is 6.30. The van der Waals surface area contributed by atoms with Crippen molar-refractivity contribution in [3.05, 3.63) is 82.9 Å². The van der Waals surface area contributed by atoms with E-state index in [1.807, 2.05) is 24.3 Å². The second kappa shape index (κ2) is 8.98. The molecule has 0 aliphatic carbocycles. The van der Waals surface area contributed by atoms with E-state index in [9.17, 15) is 4.79 Å². The van der Waals surface area contributed by atoms with Gasteiger partial charge >= 0.3 is 0 Å². The monoisotopic (exact) mass is 406 g/mol. The Kier molecular flexibility index (Phi) is 6.17. The van der Waals surface area contributed by atoms with Crippen LogP contribution in [0, 0.1) is 5.92 Å². The van der Waals surface area contributed by atoms with Gasteiger partial charge in [-0.2, -0.15) is 0 Å². The van der Waals surface area contributed by atoms with Crippen molar-refractivity contribution in [2.45, 2.75) is 32.4 Å². The molecule has 3 aromatic rings. The van der Waals surface area contributed by atoms with E-state index in [1.54, 1.807) is 0 Å². The molecule has 29 heavy (non-hydrogen) atoms. The van der Waals surface area contributed by atoms with E-state index < -0.39 is 0 Å². The number of fused-ring (bicyclic) bond motifs is 1. The van der Waals surface area contributed by atoms with Gasteiger partial charge < -0.3 is 5.32 Å². The number of carbonyl (C=O) groups is 1. The molecule has 1 heterocycles. The lowest BCUT2D eigenvalue weighted by molar-refractivity contribution is -0.126. The maximum atomic E-state index is 12.6. The molecule has 1 N–H and O–H groups in total. The molecular formula is C25H27ClN2O. The van der Waals surface area contributed by atoms with Gasteiger partial charge in [-0.05, 0) is 66.9 Å². The van der Waals surface area contributed by atoms with Gasteiger partial charge in [0, 0.05) is 23.5 Å². The molecule has 0 saturated carbocycles. The first-order valence-electron chi connectivity index (χ1n) is 10.4. The molecular weight excluding hydrogens is 380 g/mol. The smallest absolute Gasteiger partial charge is 0.223 e. The van der Waals surface area contributed by atoms with Crippen molar-refractivity contribution in [3.63, 3.8) is 0 Å². The molecule has 1 aliphatic rings. The van der Waals surface area contributed by atoms with Gasteiger partial charge in [0.05, 0.1) is 0 Å². The summed E-state index contributed by atoms with van der Waals surface area (Å²) in [5.74, 6) is 0.260. The molecule has 4 rings (SSSR count). The highest BCUT2D eigenvalue weighted by Gasteiger charge is 2.28. The molecule has 150 valence electrons. The van der Waals surface area contributed by atoms with Crippen molar-refractivity contribution < 1.29 is 4.79 Å². The number of hydrogen-bond donors (Lipinski definition) is 1. The maximum absolute atomic E-state index is 12.6. The van der Waals surface area contributed by atoms with Gasteiger partial charge in [-0.25, -0.2) is 0 Å². The summed E-state index contributed by atoms with van der Waals surface area (Å²) in [7, 11) is 0.